The molecule has 6 nitrogen and oxygen atoms in total. The van der Waals surface area contributed by atoms with Crippen molar-refractivity contribution in [2.45, 2.75) is 32.4 Å². The molecule has 0 fully saturated rings. The van der Waals surface area contributed by atoms with Crippen molar-refractivity contribution in [3.63, 3.8) is 0 Å². The van der Waals surface area contributed by atoms with E-state index in [2.05, 4.69) is 20.4 Å². The lowest BCUT2D eigenvalue weighted by atomic mass is 9.91. The van der Waals surface area contributed by atoms with E-state index in [-0.39, 0.29) is 17.0 Å². The molecule has 3 rings (SSSR count). The van der Waals surface area contributed by atoms with Gasteiger partial charge in [-0.2, -0.15) is 18.3 Å². The van der Waals surface area contributed by atoms with Crippen molar-refractivity contribution >= 4 is 17.2 Å². The summed E-state index contributed by atoms with van der Waals surface area (Å²) in [6, 6.07) is 5.32. The molecule has 0 atom stereocenters. The van der Waals surface area contributed by atoms with E-state index in [1.807, 2.05) is 0 Å². The number of hydrogen-bond donors (Lipinski definition) is 1. The van der Waals surface area contributed by atoms with Crippen molar-refractivity contribution in [2.24, 2.45) is 0 Å². The zero-order valence-electron chi connectivity index (χ0n) is 14.3. The second-order valence-electron chi connectivity index (χ2n) is 6.76. The van der Waals surface area contributed by atoms with Gasteiger partial charge in [0.2, 0.25) is 0 Å². The summed E-state index contributed by atoms with van der Waals surface area (Å²) in [5, 5.41) is 6.36. The molecule has 9 heteroatoms. The van der Waals surface area contributed by atoms with Crippen molar-refractivity contribution < 1.29 is 18.0 Å². The number of amides is 1. The summed E-state index contributed by atoms with van der Waals surface area (Å²) in [6.07, 6.45) is -1.66. The van der Waals surface area contributed by atoms with E-state index in [4.69, 9.17) is 0 Å². The Kier molecular flexibility index (Phi) is 4.17. The first-order chi connectivity index (χ1) is 12.1. The van der Waals surface area contributed by atoms with E-state index < -0.39 is 23.2 Å². The highest BCUT2D eigenvalue weighted by atomic mass is 19.4. The van der Waals surface area contributed by atoms with Gasteiger partial charge in [-0.25, -0.2) is 9.50 Å². The van der Waals surface area contributed by atoms with Crippen LogP contribution in [-0.2, 0) is 11.6 Å². The lowest BCUT2D eigenvalue weighted by Gasteiger charge is -2.19. The number of hydrogen-bond acceptors (Lipinski definition) is 4. The molecule has 0 saturated heterocycles. The first-order valence-corrected chi connectivity index (χ1v) is 7.75. The fraction of sp³-hybridized carbons (Fsp3) is 0.294. The molecule has 0 saturated carbocycles. The zero-order chi connectivity index (χ0) is 19.1. The Morgan fingerprint density at radius 2 is 1.77 bits per heavy atom. The van der Waals surface area contributed by atoms with Crippen LogP contribution in [0, 0.1) is 0 Å². The molecule has 136 valence electrons. The molecule has 1 amide bonds. The quantitative estimate of drug-likeness (QED) is 0.754. The standard InChI is InChI=1S/C17H16F3N5O/c1-16(2,3)12-9-13(17(18,19)20)25-14(23-12)8-11(24-25)15(26)22-10-4-6-21-7-5-10/h4-9H,1-3H3,(H,21,22,26). The highest BCUT2D eigenvalue weighted by Gasteiger charge is 2.36. The van der Waals surface area contributed by atoms with Crippen molar-refractivity contribution in [3.8, 4) is 0 Å². The molecule has 0 aliphatic rings. The lowest BCUT2D eigenvalue weighted by molar-refractivity contribution is -0.142. The van der Waals surface area contributed by atoms with Gasteiger partial charge in [0.15, 0.2) is 11.3 Å². The van der Waals surface area contributed by atoms with Gasteiger partial charge in [-0.3, -0.25) is 9.78 Å². The highest BCUT2D eigenvalue weighted by molar-refractivity contribution is 6.03. The fourth-order valence-corrected chi connectivity index (χ4v) is 2.30. The summed E-state index contributed by atoms with van der Waals surface area (Å²) in [7, 11) is 0. The second kappa shape index (κ2) is 6.08. The number of fused-ring (bicyclic) bond motifs is 1. The van der Waals surface area contributed by atoms with Crippen LogP contribution in [-0.4, -0.2) is 25.5 Å². The fourth-order valence-electron chi connectivity index (χ4n) is 2.30. The van der Waals surface area contributed by atoms with Crippen LogP contribution in [0.15, 0.2) is 36.7 Å². The predicted molar refractivity (Wildman–Crippen MR) is 88.9 cm³/mol. The smallest absolute Gasteiger partial charge is 0.320 e. The van der Waals surface area contributed by atoms with Crippen LogP contribution < -0.4 is 5.32 Å². The molecule has 0 aromatic carbocycles. The molecule has 0 spiro atoms. The number of nitrogens with zero attached hydrogens (tertiary/aromatic N) is 4. The second-order valence-corrected chi connectivity index (χ2v) is 6.76. The summed E-state index contributed by atoms with van der Waals surface area (Å²) in [5.74, 6) is -0.632. The van der Waals surface area contributed by atoms with Gasteiger partial charge in [0, 0.05) is 29.6 Å². The summed E-state index contributed by atoms with van der Waals surface area (Å²) >= 11 is 0. The molecule has 3 heterocycles. The summed E-state index contributed by atoms with van der Waals surface area (Å²) in [5.41, 5.74) is -1.04. The third-order valence-electron chi connectivity index (χ3n) is 3.66. The normalized spacial score (nSPS) is 12.4. The minimum atomic E-state index is -4.63. The van der Waals surface area contributed by atoms with E-state index in [1.54, 1.807) is 32.9 Å². The van der Waals surface area contributed by atoms with E-state index in [0.717, 1.165) is 6.07 Å². The average Bonchev–Trinajstić information content (AvgIpc) is 2.97. The van der Waals surface area contributed by atoms with Gasteiger partial charge in [0.25, 0.3) is 5.91 Å². The Morgan fingerprint density at radius 1 is 1.12 bits per heavy atom. The maximum Gasteiger partial charge on any atom is 0.433 e. The van der Waals surface area contributed by atoms with Crippen LogP contribution in [0.3, 0.4) is 0 Å². The maximum atomic E-state index is 13.4. The summed E-state index contributed by atoms with van der Waals surface area (Å²) < 4.78 is 41.0. The molecular formula is C17H16F3N5O. The van der Waals surface area contributed by atoms with Crippen LogP contribution in [0.2, 0.25) is 0 Å². The molecule has 0 radical (unpaired) electrons. The number of rotatable bonds is 2. The molecule has 0 bridgehead atoms. The molecule has 0 aliphatic carbocycles. The number of pyridine rings is 1. The Labute approximate surface area is 147 Å². The van der Waals surface area contributed by atoms with Crippen LogP contribution in [0.5, 0.6) is 0 Å². The zero-order valence-corrected chi connectivity index (χ0v) is 14.3. The van der Waals surface area contributed by atoms with Gasteiger partial charge in [-0.05, 0) is 18.2 Å². The van der Waals surface area contributed by atoms with Crippen molar-refractivity contribution in [3.05, 3.63) is 53.7 Å². The molecule has 1 N–H and O–H groups in total. The number of anilines is 1. The number of aromatic nitrogens is 4. The third kappa shape index (κ3) is 3.51. The average molecular weight is 363 g/mol. The van der Waals surface area contributed by atoms with Gasteiger partial charge >= 0.3 is 6.18 Å². The van der Waals surface area contributed by atoms with Gasteiger partial charge in [-0.1, -0.05) is 20.8 Å². The Bertz CT molecular complexity index is 958. The number of nitrogens with one attached hydrogen (secondary N) is 1. The van der Waals surface area contributed by atoms with Crippen molar-refractivity contribution in [1.82, 2.24) is 19.6 Å². The minimum absolute atomic E-state index is 0.0374. The molecular weight excluding hydrogens is 347 g/mol. The van der Waals surface area contributed by atoms with Gasteiger partial charge < -0.3 is 5.32 Å². The van der Waals surface area contributed by atoms with Gasteiger partial charge in [0.05, 0.1) is 5.69 Å². The number of halogens is 3. The Morgan fingerprint density at radius 3 is 2.35 bits per heavy atom. The largest absolute Gasteiger partial charge is 0.433 e. The van der Waals surface area contributed by atoms with E-state index >= 15 is 0 Å². The maximum absolute atomic E-state index is 13.4. The molecule has 3 aromatic heterocycles. The predicted octanol–water partition coefficient (Wildman–Crippen LogP) is 3.69. The lowest BCUT2D eigenvalue weighted by Crippen LogP contribution is -2.20. The number of alkyl halides is 3. The van der Waals surface area contributed by atoms with Gasteiger partial charge in [-0.15, -0.1) is 0 Å². The monoisotopic (exact) mass is 363 g/mol. The minimum Gasteiger partial charge on any atom is -0.320 e. The summed E-state index contributed by atoms with van der Waals surface area (Å²) in [4.78, 5) is 20.4. The Hall–Kier alpha value is -2.97. The van der Waals surface area contributed by atoms with Crippen molar-refractivity contribution in [1.29, 1.82) is 0 Å². The first kappa shape index (κ1) is 17.8. The van der Waals surface area contributed by atoms with Gasteiger partial charge in [0.1, 0.15) is 5.69 Å². The SMILES string of the molecule is CC(C)(C)c1cc(C(F)(F)F)n2nc(C(=O)Nc3ccncc3)cc2n1. The molecule has 0 aliphatic heterocycles. The Balaban J connectivity index is 2.08. The summed E-state index contributed by atoms with van der Waals surface area (Å²) in [6.45, 7) is 5.29. The topological polar surface area (TPSA) is 72.2 Å². The first-order valence-electron chi connectivity index (χ1n) is 7.75. The molecule has 3 aromatic rings. The molecule has 0 unspecified atom stereocenters. The van der Waals surface area contributed by atoms with Crippen LogP contribution in [0.4, 0.5) is 18.9 Å². The molecule has 26 heavy (non-hydrogen) atoms. The van der Waals surface area contributed by atoms with Crippen molar-refractivity contribution in [2.75, 3.05) is 5.32 Å². The van der Waals surface area contributed by atoms with Crippen LogP contribution in [0.1, 0.15) is 42.6 Å². The third-order valence-corrected chi connectivity index (χ3v) is 3.66. The van der Waals surface area contributed by atoms with Crippen LogP contribution >= 0.6 is 0 Å². The van der Waals surface area contributed by atoms with Crippen LogP contribution in [0.25, 0.3) is 5.65 Å². The van der Waals surface area contributed by atoms with E-state index in [0.29, 0.717) is 10.2 Å². The van der Waals surface area contributed by atoms with E-state index in [1.165, 1.54) is 18.5 Å². The highest BCUT2D eigenvalue weighted by Crippen LogP contribution is 2.32. The number of carbonyl (C=O) groups excluding carboxylic acids is 1. The number of carbonyl (C=O) groups is 1. The van der Waals surface area contributed by atoms with E-state index in [9.17, 15) is 18.0 Å².